The maximum Gasteiger partial charge on any atom is 0.269 e. The summed E-state index contributed by atoms with van der Waals surface area (Å²) < 4.78 is 5.32. The number of nitro groups is 1. The molecule has 6 nitrogen and oxygen atoms in total. The van der Waals surface area contributed by atoms with Crippen molar-refractivity contribution >= 4 is 11.5 Å². The SMILES string of the molecule is NCC(=O)c1ccc(-c2ccc([N+](=O)[O-])cc2)o1. The van der Waals surface area contributed by atoms with Gasteiger partial charge in [0, 0.05) is 17.7 Å². The lowest BCUT2D eigenvalue weighted by Crippen LogP contribution is -2.12. The lowest BCUT2D eigenvalue weighted by molar-refractivity contribution is -0.384. The number of nitrogens with zero attached hydrogens (tertiary/aromatic N) is 1. The molecule has 2 aromatic rings. The van der Waals surface area contributed by atoms with E-state index in [-0.39, 0.29) is 23.8 Å². The fraction of sp³-hybridized carbons (Fsp3) is 0.0833. The summed E-state index contributed by atoms with van der Waals surface area (Å²) in [5.41, 5.74) is 5.89. The second-order valence-electron chi connectivity index (χ2n) is 3.60. The number of furan rings is 1. The molecular formula is C12H10N2O4. The molecule has 0 fully saturated rings. The van der Waals surface area contributed by atoms with E-state index in [4.69, 9.17) is 10.2 Å². The van der Waals surface area contributed by atoms with E-state index in [1.165, 1.54) is 18.2 Å². The predicted molar refractivity (Wildman–Crippen MR) is 64.2 cm³/mol. The molecule has 1 heterocycles. The molecule has 0 bridgehead atoms. The zero-order valence-corrected chi connectivity index (χ0v) is 9.33. The summed E-state index contributed by atoms with van der Waals surface area (Å²) in [6.45, 7) is -0.118. The van der Waals surface area contributed by atoms with Crippen molar-refractivity contribution < 1.29 is 14.1 Å². The van der Waals surface area contributed by atoms with Gasteiger partial charge in [0.1, 0.15) is 5.76 Å². The van der Waals surface area contributed by atoms with Gasteiger partial charge in [0.15, 0.2) is 5.76 Å². The molecule has 0 radical (unpaired) electrons. The van der Waals surface area contributed by atoms with Crippen LogP contribution in [-0.4, -0.2) is 17.3 Å². The predicted octanol–water partition coefficient (Wildman–Crippen LogP) is 2.00. The summed E-state index contributed by atoms with van der Waals surface area (Å²) >= 11 is 0. The Balaban J connectivity index is 2.29. The molecule has 2 N–H and O–H groups in total. The minimum absolute atomic E-state index is 0.00330. The minimum Gasteiger partial charge on any atom is -0.453 e. The van der Waals surface area contributed by atoms with Crippen LogP contribution in [0.3, 0.4) is 0 Å². The molecule has 0 unspecified atom stereocenters. The van der Waals surface area contributed by atoms with Crippen molar-refractivity contribution in [2.45, 2.75) is 0 Å². The Kier molecular flexibility index (Phi) is 3.20. The average molecular weight is 246 g/mol. The van der Waals surface area contributed by atoms with Crippen molar-refractivity contribution in [3.05, 3.63) is 52.3 Å². The third kappa shape index (κ3) is 2.28. The number of hydrogen-bond acceptors (Lipinski definition) is 5. The first kappa shape index (κ1) is 12.0. The van der Waals surface area contributed by atoms with Crippen LogP contribution in [0.5, 0.6) is 0 Å². The fourth-order valence-electron chi connectivity index (χ4n) is 1.49. The monoisotopic (exact) mass is 246 g/mol. The Labute approximate surface area is 102 Å². The van der Waals surface area contributed by atoms with Crippen LogP contribution in [0.15, 0.2) is 40.8 Å². The van der Waals surface area contributed by atoms with Crippen molar-refractivity contribution in [1.29, 1.82) is 0 Å². The van der Waals surface area contributed by atoms with Crippen molar-refractivity contribution in [1.82, 2.24) is 0 Å². The van der Waals surface area contributed by atoms with Gasteiger partial charge >= 0.3 is 0 Å². The standard InChI is InChI=1S/C12H10N2O4/c13-7-10(15)12-6-5-11(18-12)8-1-3-9(4-2-8)14(16)17/h1-6H,7,13H2. The van der Waals surface area contributed by atoms with Gasteiger partial charge in [-0.25, -0.2) is 0 Å². The highest BCUT2D eigenvalue weighted by Crippen LogP contribution is 2.24. The number of ketones is 1. The smallest absolute Gasteiger partial charge is 0.269 e. The number of carbonyl (C=O) groups is 1. The summed E-state index contributed by atoms with van der Waals surface area (Å²) in [5.74, 6) is 0.371. The summed E-state index contributed by atoms with van der Waals surface area (Å²) in [7, 11) is 0. The second-order valence-corrected chi connectivity index (χ2v) is 3.60. The molecule has 1 aromatic heterocycles. The topological polar surface area (TPSA) is 99.4 Å². The van der Waals surface area contributed by atoms with E-state index in [2.05, 4.69) is 0 Å². The molecule has 0 aliphatic carbocycles. The zero-order valence-electron chi connectivity index (χ0n) is 9.33. The molecule has 0 aliphatic rings. The highest BCUT2D eigenvalue weighted by Gasteiger charge is 2.11. The van der Waals surface area contributed by atoms with E-state index in [1.807, 2.05) is 0 Å². The first-order valence-corrected chi connectivity index (χ1v) is 5.19. The number of rotatable bonds is 4. The first-order valence-electron chi connectivity index (χ1n) is 5.19. The molecule has 92 valence electrons. The van der Waals surface area contributed by atoms with Crippen LogP contribution < -0.4 is 5.73 Å². The molecular weight excluding hydrogens is 236 g/mol. The van der Waals surface area contributed by atoms with Gasteiger partial charge in [0.25, 0.3) is 5.69 Å². The molecule has 0 saturated carbocycles. The highest BCUT2D eigenvalue weighted by molar-refractivity contribution is 5.95. The Morgan fingerprint density at radius 2 is 1.89 bits per heavy atom. The average Bonchev–Trinajstić information content (AvgIpc) is 2.87. The van der Waals surface area contributed by atoms with Gasteiger partial charge in [-0.05, 0) is 24.3 Å². The van der Waals surface area contributed by atoms with Crippen LogP contribution in [0.4, 0.5) is 5.69 Å². The van der Waals surface area contributed by atoms with Gasteiger partial charge in [-0.15, -0.1) is 0 Å². The Morgan fingerprint density at radius 1 is 1.22 bits per heavy atom. The number of Topliss-reactive ketones (excluding diaryl/α,β-unsaturated/α-hetero) is 1. The normalized spacial score (nSPS) is 10.3. The molecule has 0 amide bonds. The lowest BCUT2D eigenvalue weighted by atomic mass is 10.1. The van der Waals surface area contributed by atoms with Crippen LogP contribution in [-0.2, 0) is 0 Å². The second kappa shape index (κ2) is 4.80. The van der Waals surface area contributed by atoms with Gasteiger partial charge in [-0.1, -0.05) is 0 Å². The van der Waals surface area contributed by atoms with Crippen molar-refractivity contribution in [2.24, 2.45) is 5.73 Å². The Bertz CT molecular complexity index is 586. The van der Waals surface area contributed by atoms with E-state index in [1.54, 1.807) is 18.2 Å². The van der Waals surface area contributed by atoms with Gasteiger partial charge in [0.2, 0.25) is 5.78 Å². The Morgan fingerprint density at radius 3 is 2.44 bits per heavy atom. The maximum absolute atomic E-state index is 11.3. The summed E-state index contributed by atoms with van der Waals surface area (Å²) in [6, 6.07) is 9.04. The van der Waals surface area contributed by atoms with Crippen molar-refractivity contribution in [3.63, 3.8) is 0 Å². The number of hydrogen-bond donors (Lipinski definition) is 1. The van der Waals surface area contributed by atoms with Crippen LogP contribution in [0.1, 0.15) is 10.6 Å². The first-order chi connectivity index (χ1) is 8.61. The molecule has 0 spiro atoms. The number of nitrogens with two attached hydrogens (primary N) is 1. The molecule has 6 heteroatoms. The van der Waals surface area contributed by atoms with Gasteiger partial charge in [0.05, 0.1) is 11.5 Å². The molecule has 0 saturated heterocycles. The summed E-state index contributed by atoms with van der Waals surface area (Å²) in [4.78, 5) is 21.3. The number of non-ortho nitro benzene ring substituents is 1. The van der Waals surface area contributed by atoms with E-state index < -0.39 is 4.92 Å². The van der Waals surface area contributed by atoms with E-state index in [0.717, 1.165) is 0 Å². The number of benzene rings is 1. The summed E-state index contributed by atoms with van der Waals surface area (Å²) in [5, 5.41) is 10.5. The number of carbonyl (C=O) groups excluding carboxylic acids is 1. The lowest BCUT2D eigenvalue weighted by Gasteiger charge is -1.97. The summed E-state index contributed by atoms with van der Waals surface area (Å²) in [6.07, 6.45) is 0. The van der Waals surface area contributed by atoms with Crippen LogP contribution >= 0.6 is 0 Å². The molecule has 18 heavy (non-hydrogen) atoms. The molecule has 2 rings (SSSR count). The van der Waals surface area contributed by atoms with E-state index >= 15 is 0 Å². The molecule has 0 atom stereocenters. The Hall–Kier alpha value is -2.47. The maximum atomic E-state index is 11.3. The third-order valence-electron chi connectivity index (χ3n) is 2.43. The largest absolute Gasteiger partial charge is 0.453 e. The number of nitro benzene ring substituents is 1. The van der Waals surface area contributed by atoms with Gasteiger partial charge in [-0.3, -0.25) is 14.9 Å². The van der Waals surface area contributed by atoms with Gasteiger partial charge < -0.3 is 10.2 Å². The van der Waals surface area contributed by atoms with Crippen molar-refractivity contribution in [2.75, 3.05) is 6.54 Å². The third-order valence-corrected chi connectivity index (χ3v) is 2.43. The van der Waals surface area contributed by atoms with Gasteiger partial charge in [-0.2, -0.15) is 0 Å². The van der Waals surface area contributed by atoms with E-state index in [9.17, 15) is 14.9 Å². The fourth-order valence-corrected chi connectivity index (χ4v) is 1.49. The van der Waals surface area contributed by atoms with Crippen LogP contribution in [0.25, 0.3) is 11.3 Å². The highest BCUT2D eigenvalue weighted by atomic mass is 16.6. The molecule has 0 aliphatic heterocycles. The molecule has 1 aromatic carbocycles. The quantitative estimate of drug-likeness (QED) is 0.505. The minimum atomic E-state index is -0.477. The van der Waals surface area contributed by atoms with E-state index in [0.29, 0.717) is 11.3 Å². The zero-order chi connectivity index (χ0) is 13.1. The van der Waals surface area contributed by atoms with Crippen LogP contribution in [0, 0.1) is 10.1 Å². The van der Waals surface area contributed by atoms with Crippen LogP contribution in [0.2, 0.25) is 0 Å². The van der Waals surface area contributed by atoms with Crippen molar-refractivity contribution in [3.8, 4) is 11.3 Å².